The summed E-state index contributed by atoms with van der Waals surface area (Å²) in [5.41, 5.74) is 3.26. The zero-order valence-corrected chi connectivity index (χ0v) is 8.50. The third-order valence-electron chi connectivity index (χ3n) is 2.45. The summed E-state index contributed by atoms with van der Waals surface area (Å²) >= 11 is 3.50. The maximum atomic E-state index is 4.08. The molecule has 66 valence electrons. The number of nitrogens with one attached hydrogen (secondary N) is 1. The lowest BCUT2D eigenvalue weighted by atomic mass is 10.1. The van der Waals surface area contributed by atoms with Crippen LogP contribution in [0, 0.1) is 0 Å². The van der Waals surface area contributed by atoms with Crippen molar-refractivity contribution in [1.29, 1.82) is 0 Å². The number of hydrogen-bond donors (Lipinski definition) is 1. The molecule has 1 aliphatic carbocycles. The summed E-state index contributed by atoms with van der Waals surface area (Å²) in [5.74, 6) is 0.761. The van der Waals surface area contributed by atoms with E-state index in [0.29, 0.717) is 0 Å². The van der Waals surface area contributed by atoms with E-state index in [1.807, 2.05) is 0 Å². The van der Waals surface area contributed by atoms with Crippen LogP contribution in [0.5, 0.6) is 0 Å². The quantitative estimate of drug-likeness (QED) is 0.829. The SMILES string of the molecule is Brc1cc(C2CC2)cc2n[nH]nc12. The van der Waals surface area contributed by atoms with Crippen LogP contribution in [0.1, 0.15) is 24.3 Å². The number of hydrogen-bond acceptors (Lipinski definition) is 2. The number of benzene rings is 1. The number of rotatable bonds is 1. The summed E-state index contributed by atoms with van der Waals surface area (Å²) in [6, 6.07) is 4.28. The molecular weight excluding hydrogens is 230 g/mol. The van der Waals surface area contributed by atoms with Gasteiger partial charge >= 0.3 is 0 Å². The van der Waals surface area contributed by atoms with Gasteiger partial charge in [-0.25, -0.2) is 0 Å². The average Bonchev–Trinajstić information content (AvgIpc) is 2.85. The van der Waals surface area contributed by atoms with Crippen molar-refractivity contribution in [3.05, 3.63) is 22.2 Å². The first-order valence-corrected chi connectivity index (χ1v) is 5.14. The largest absolute Gasteiger partial charge is 0.197 e. The Balaban J connectivity index is 2.27. The molecule has 0 spiro atoms. The first-order chi connectivity index (χ1) is 6.34. The molecule has 1 saturated carbocycles. The van der Waals surface area contributed by atoms with E-state index < -0.39 is 0 Å². The molecule has 0 unspecified atom stereocenters. The molecule has 2 aromatic rings. The number of H-pyrrole nitrogens is 1. The van der Waals surface area contributed by atoms with Gasteiger partial charge in [-0.15, -0.1) is 0 Å². The fraction of sp³-hybridized carbons (Fsp3) is 0.333. The van der Waals surface area contributed by atoms with Gasteiger partial charge in [0.1, 0.15) is 11.0 Å². The first kappa shape index (κ1) is 7.50. The van der Waals surface area contributed by atoms with Gasteiger partial charge in [0.05, 0.1) is 0 Å². The van der Waals surface area contributed by atoms with Gasteiger partial charge in [0.2, 0.25) is 0 Å². The molecule has 0 aliphatic heterocycles. The summed E-state index contributed by atoms with van der Waals surface area (Å²) in [5, 5.41) is 10.8. The van der Waals surface area contributed by atoms with Crippen LogP contribution in [-0.4, -0.2) is 15.4 Å². The van der Waals surface area contributed by atoms with Crippen LogP contribution >= 0.6 is 15.9 Å². The fourth-order valence-electron chi connectivity index (χ4n) is 1.58. The number of aromatic nitrogens is 3. The van der Waals surface area contributed by atoms with E-state index in [1.165, 1.54) is 18.4 Å². The topological polar surface area (TPSA) is 41.6 Å². The highest BCUT2D eigenvalue weighted by Gasteiger charge is 2.24. The number of aromatic amines is 1. The second-order valence-corrected chi connectivity index (χ2v) is 4.32. The van der Waals surface area contributed by atoms with E-state index in [-0.39, 0.29) is 0 Å². The fourth-order valence-corrected chi connectivity index (χ4v) is 2.14. The maximum absolute atomic E-state index is 4.08. The van der Waals surface area contributed by atoms with Crippen molar-refractivity contribution in [3.63, 3.8) is 0 Å². The Kier molecular flexibility index (Phi) is 1.47. The van der Waals surface area contributed by atoms with Crippen molar-refractivity contribution in [2.75, 3.05) is 0 Å². The van der Waals surface area contributed by atoms with Crippen LogP contribution in [0.25, 0.3) is 11.0 Å². The second-order valence-electron chi connectivity index (χ2n) is 3.47. The highest BCUT2D eigenvalue weighted by molar-refractivity contribution is 9.10. The van der Waals surface area contributed by atoms with E-state index >= 15 is 0 Å². The van der Waals surface area contributed by atoms with Gasteiger partial charge < -0.3 is 0 Å². The molecule has 3 rings (SSSR count). The lowest BCUT2D eigenvalue weighted by Gasteiger charge is -1.98. The van der Waals surface area contributed by atoms with Crippen LogP contribution in [0.15, 0.2) is 16.6 Å². The highest BCUT2D eigenvalue weighted by atomic mass is 79.9. The van der Waals surface area contributed by atoms with Crippen LogP contribution in [0.4, 0.5) is 0 Å². The standard InChI is InChI=1S/C9H8BrN3/c10-7-3-6(5-1-2-5)4-8-9(7)12-13-11-8/h3-5H,1-2H2,(H,11,12,13). The Hall–Kier alpha value is -0.900. The molecule has 1 N–H and O–H groups in total. The molecule has 1 aromatic carbocycles. The van der Waals surface area contributed by atoms with Crippen LogP contribution < -0.4 is 0 Å². The van der Waals surface area contributed by atoms with Crippen molar-refractivity contribution < 1.29 is 0 Å². The molecule has 0 saturated heterocycles. The zero-order valence-electron chi connectivity index (χ0n) is 6.92. The summed E-state index contributed by atoms with van der Waals surface area (Å²) in [7, 11) is 0. The van der Waals surface area contributed by atoms with Gasteiger partial charge in [-0.1, -0.05) is 0 Å². The highest BCUT2D eigenvalue weighted by Crippen LogP contribution is 2.41. The Bertz CT molecular complexity index is 459. The average molecular weight is 238 g/mol. The van der Waals surface area contributed by atoms with E-state index in [2.05, 4.69) is 43.5 Å². The van der Waals surface area contributed by atoms with Crippen molar-refractivity contribution in [2.45, 2.75) is 18.8 Å². The molecule has 0 bridgehead atoms. The molecular formula is C9H8BrN3. The predicted octanol–water partition coefficient (Wildman–Crippen LogP) is 2.60. The maximum Gasteiger partial charge on any atom is 0.127 e. The van der Waals surface area contributed by atoms with Gasteiger partial charge in [-0.2, -0.15) is 15.4 Å². The Labute approximate surface area is 83.7 Å². The monoisotopic (exact) mass is 237 g/mol. The van der Waals surface area contributed by atoms with Gasteiger partial charge in [0.15, 0.2) is 0 Å². The van der Waals surface area contributed by atoms with Crippen LogP contribution in [0.3, 0.4) is 0 Å². The van der Waals surface area contributed by atoms with Gasteiger partial charge in [-0.05, 0) is 52.4 Å². The Morgan fingerprint density at radius 1 is 1.31 bits per heavy atom. The molecule has 1 aromatic heterocycles. The lowest BCUT2D eigenvalue weighted by Crippen LogP contribution is -1.81. The first-order valence-electron chi connectivity index (χ1n) is 4.34. The minimum Gasteiger partial charge on any atom is -0.197 e. The van der Waals surface area contributed by atoms with Crippen LogP contribution in [0.2, 0.25) is 0 Å². The third-order valence-corrected chi connectivity index (χ3v) is 3.05. The molecule has 0 amide bonds. The minimum absolute atomic E-state index is 0.761. The van der Waals surface area contributed by atoms with E-state index in [0.717, 1.165) is 21.4 Å². The van der Waals surface area contributed by atoms with E-state index in [4.69, 9.17) is 0 Å². The van der Waals surface area contributed by atoms with Gasteiger partial charge in [-0.3, -0.25) is 0 Å². The van der Waals surface area contributed by atoms with E-state index in [9.17, 15) is 0 Å². The minimum atomic E-state index is 0.761. The summed E-state index contributed by atoms with van der Waals surface area (Å²) < 4.78 is 1.04. The molecule has 3 nitrogen and oxygen atoms in total. The predicted molar refractivity (Wildman–Crippen MR) is 53.6 cm³/mol. The third kappa shape index (κ3) is 1.16. The van der Waals surface area contributed by atoms with Crippen molar-refractivity contribution >= 4 is 27.0 Å². The lowest BCUT2D eigenvalue weighted by molar-refractivity contribution is 0.959. The molecule has 0 atom stereocenters. The molecule has 4 heteroatoms. The van der Waals surface area contributed by atoms with Crippen molar-refractivity contribution in [2.24, 2.45) is 0 Å². The summed E-state index contributed by atoms with van der Waals surface area (Å²) in [6.07, 6.45) is 2.63. The number of halogens is 1. The smallest absolute Gasteiger partial charge is 0.127 e. The Morgan fingerprint density at radius 2 is 2.15 bits per heavy atom. The summed E-state index contributed by atoms with van der Waals surface area (Å²) in [4.78, 5) is 0. The molecule has 1 fully saturated rings. The zero-order chi connectivity index (χ0) is 8.84. The van der Waals surface area contributed by atoms with Gasteiger partial charge in [0, 0.05) is 4.47 Å². The molecule has 13 heavy (non-hydrogen) atoms. The van der Waals surface area contributed by atoms with Crippen molar-refractivity contribution in [3.8, 4) is 0 Å². The van der Waals surface area contributed by atoms with Crippen molar-refractivity contribution in [1.82, 2.24) is 15.4 Å². The normalized spacial score (nSPS) is 16.7. The Morgan fingerprint density at radius 3 is 2.92 bits per heavy atom. The second kappa shape index (κ2) is 2.54. The van der Waals surface area contributed by atoms with Crippen LogP contribution in [-0.2, 0) is 0 Å². The molecule has 1 heterocycles. The molecule has 1 aliphatic rings. The number of fused-ring (bicyclic) bond motifs is 1. The molecule has 0 radical (unpaired) electrons. The van der Waals surface area contributed by atoms with E-state index in [1.54, 1.807) is 0 Å². The number of nitrogens with zero attached hydrogens (tertiary/aromatic N) is 2. The van der Waals surface area contributed by atoms with Gasteiger partial charge in [0.25, 0.3) is 0 Å². The summed E-state index contributed by atoms with van der Waals surface area (Å²) in [6.45, 7) is 0.